The van der Waals surface area contributed by atoms with Gasteiger partial charge in [-0.2, -0.15) is 0 Å². The van der Waals surface area contributed by atoms with Crippen LogP contribution in [0.15, 0.2) is 73.3 Å². The lowest BCUT2D eigenvalue weighted by molar-refractivity contribution is 0.370. The molecule has 0 aliphatic carbocycles. The summed E-state index contributed by atoms with van der Waals surface area (Å²) < 4.78 is 5.44. The summed E-state index contributed by atoms with van der Waals surface area (Å²) in [5, 5.41) is 0. The van der Waals surface area contributed by atoms with Gasteiger partial charge in [-0.25, -0.2) is 9.97 Å². The lowest BCUT2D eigenvalue weighted by Gasteiger charge is -2.18. The van der Waals surface area contributed by atoms with Crippen molar-refractivity contribution < 1.29 is 4.74 Å². The lowest BCUT2D eigenvalue weighted by atomic mass is 9.86. The summed E-state index contributed by atoms with van der Waals surface area (Å²) in [4.78, 5) is 8.31. The number of ether oxygens (including phenoxy) is 1. The van der Waals surface area contributed by atoms with Gasteiger partial charge in [-0.05, 0) is 23.3 Å². The average Bonchev–Trinajstić information content (AvgIpc) is 2.63. The minimum atomic E-state index is 0.0825. The Hall–Kier alpha value is -3.12. The fourth-order valence-electron chi connectivity index (χ4n) is 2.56. The van der Waals surface area contributed by atoms with E-state index < -0.39 is 0 Å². The lowest BCUT2D eigenvalue weighted by Crippen LogP contribution is -2.04. The first-order chi connectivity index (χ1) is 11.4. The molecule has 0 bridgehead atoms. The highest BCUT2D eigenvalue weighted by atomic mass is 16.5. The Morgan fingerprint density at radius 1 is 0.870 bits per heavy atom. The molecule has 0 fully saturated rings. The van der Waals surface area contributed by atoms with Gasteiger partial charge in [-0.1, -0.05) is 48.4 Å². The van der Waals surface area contributed by atoms with Crippen molar-refractivity contribution in [2.75, 3.05) is 6.61 Å². The minimum Gasteiger partial charge on any atom is -0.481 e. The number of nitrogens with zero attached hydrogens (tertiary/aromatic N) is 2. The van der Waals surface area contributed by atoms with E-state index in [0.717, 1.165) is 16.9 Å². The summed E-state index contributed by atoms with van der Waals surface area (Å²) in [6.45, 7) is 0.272. The number of benzene rings is 2. The van der Waals surface area contributed by atoms with Gasteiger partial charge in [0.15, 0.2) is 0 Å². The van der Waals surface area contributed by atoms with Crippen LogP contribution < -0.4 is 4.74 Å². The van der Waals surface area contributed by atoms with Gasteiger partial charge < -0.3 is 4.74 Å². The molecule has 0 radical (unpaired) electrons. The number of hydrogen-bond donors (Lipinski definition) is 0. The molecule has 23 heavy (non-hydrogen) atoms. The predicted molar refractivity (Wildman–Crippen MR) is 90.2 cm³/mol. The molecule has 112 valence electrons. The molecule has 0 saturated heterocycles. The molecule has 0 spiro atoms. The molecule has 0 aliphatic heterocycles. The molecule has 3 rings (SSSR count). The second kappa shape index (κ2) is 7.24. The van der Waals surface area contributed by atoms with E-state index in [-0.39, 0.29) is 12.5 Å². The van der Waals surface area contributed by atoms with Gasteiger partial charge in [0.05, 0.1) is 0 Å². The van der Waals surface area contributed by atoms with E-state index in [0.29, 0.717) is 0 Å². The Labute approximate surface area is 136 Å². The summed E-state index contributed by atoms with van der Waals surface area (Å²) in [6, 6.07) is 18.3. The molecule has 1 atom stereocenters. The molecular weight excluding hydrogens is 284 g/mol. The van der Waals surface area contributed by atoms with E-state index in [4.69, 9.17) is 11.2 Å². The Balaban J connectivity index is 1.98. The van der Waals surface area contributed by atoms with Crippen molar-refractivity contribution in [2.24, 2.45) is 0 Å². The molecular formula is C20H16N2O. The monoisotopic (exact) mass is 300 g/mol. The van der Waals surface area contributed by atoms with Crippen molar-refractivity contribution in [3.05, 3.63) is 90.0 Å². The van der Waals surface area contributed by atoms with E-state index in [9.17, 15) is 0 Å². The summed E-state index contributed by atoms with van der Waals surface area (Å²) >= 11 is 0. The summed E-state index contributed by atoms with van der Waals surface area (Å²) in [5.74, 6) is 3.32. The minimum absolute atomic E-state index is 0.0825. The molecule has 2 aromatic carbocycles. The van der Waals surface area contributed by atoms with Gasteiger partial charge in [0.2, 0.25) is 0 Å². The highest BCUT2D eigenvalue weighted by Crippen LogP contribution is 2.31. The molecule has 1 aromatic heterocycles. The second-order valence-corrected chi connectivity index (χ2v) is 5.08. The predicted octanol–water partition coefficient (Wildman–Crippen LogP) is 3.67. The fraction of sp³-hybridized carbons (Fsp3) is 0.100. The van der Waals surface area contributed by atoms with Gasteiger partial charge in [0.1, 0.15) is 18.7 Å². The van der Waals surface area contributed by atoms with Gasteiger partial charge in [0.25, 0.3) is 0 Å². The Kier molecular flexibility index (Phi) is 4.66. The average molecular weight is 300 g/mol. The maximum atomic E-state index is 5.44. The topological polar surface area (TPSA) is 35.0 Å². The van der Waals surface area contributed by atoms with Gasteiger partial charge in [0, 0.05) is 23.9 Å². The van der Waals surface area contributed by atoms with Gasteiger partial charge in [-0.3, -0.25) is 0 Å². The van der Waals surface area contributed by atoms with Crippen LogP contribution in [0.3, 0.4) is 0 Å². The van der Waals surface area contributed by atoms with E-state index in [2.05, 4.69) is 40.2 Å². The van der Waals surface area contributed by atoms with Gasteiger partial charge >= 0.3 is 0 Å². The first kappa shape index (κ1) is 14.8. The summed E-state index contributed by atoms with van der Waals surface area (Å²) in [5.41, 5.74) is 3.40. The maximum Gasteiger partial charge on any atom is 0.148 e. The smallest absolute Gasteiger partial charge is 0.148 e. The fourth-order valence-corrected chi connectivity index (χ4v) is 2.56. The molecule has 3 aromatic rings. The zero-order valence-electron chi connectivity index (χ0n) is 12.6. The van der Waals surface area contributed by atoms with Gasteiger partial charge in [-0.15, -0.1) is 6.42 Å². The Morgan fingerprint density at radius 2 is 1.52 bits per heavy atom. The number of terminal acetylenes is 1. The highest BCUT2D eigenvalue weighted by molar-refractivity contribution is 5.43. The Morgan fingerprint density at radius 3 is 2.17 bits per heavy atom. The molecule has 0 amide bonds. The zero-order valence-corrected chi connectivity index (χ0v) is 12.6. The van der Waals surface area contributed by atoms with Crippen LogP contribution >= 0.6 is 0 Å². The third kappa shape index (κ3) is 3.56. The van der Waals surface area contributed by atoms with Crippen molar-refractivity contribution in [1.29, 1.82) is 0 Å². The van der Waals surface area contributed by atoms with Crippen molar-refractivity contribution in [3.63, 3.8) is 0 Å². The van der Waals surface area contributed by atoms with Crippen LogP contribution in [0, 0.1) is 12.3 Å². The largest absolute Gasteiger partial charge is 0.481 e. The number of rotatable bonds is 5. The van der Waals surface area contributed by atoms with E-state index in [1.54, 1.807) is 6.33 Å². The van der Waals surface area contributed by atoms with Crippen LogP contribution in [0.5, 0.6) is 5.75 Å². The molecule has 3 heteroatoms. The third-order valence-corrected chi connectivity index (χ3v) is 3.58. The van der Waals surface area contributed by atoms with E-state index in [1.165, 1.54) is 5.56 Å². The second-order valence-electron chi connectivity index (χ2n) is 5.08. The molecule has 0 saturated carbocycles. The normalized spacial score (nSPS) is 11.4. The number of hydrogen-bond acceptors (Lipinski definition) is 3. The zero-order chi connectivity index (χ0) is 15.9. The standard InChI is InChI=1S/C20H16N2O/c1-2-12-23-19-10-8-17(9-11-19)20(16-6-4-3-5-7-16)18-13-21-15-22-14-18/h1,3-11,13-15,20H,12H2. The van der Waals surface area contributed by atoms with Crippen molar-refractivity contribution in [1.82, 2.24) is 9.97 Å². The Bertz CT molecular complexity index is 738. The van der Waals surface area contributed by atoms with Crippen LogP contribution in [0.1, 0.15) is 22.6 Å². The first-order valence-electron chi connectivity index (χ1n) is 7.34. The summed E-state index contributed by atoms with van der Waals surface area (Å²) in [7, 11) is 0. The first-order valence-corrected chi connectivity index (χ1v) is 7.34. The maximum absolute atomic E-state index is 5.44. The molecule has 1 unspecified atom stereocenters. The van der Waals surface area contributed by atoms with Crippen LogP contribution in [0.4, 0.5) is 0 Å². The van der Waals surface area contributed by atoms with Crippen molar-refractivity contribution >= 4 is 0 Å². The van der Waals surface area contributed by atoms with E-state index in [1.807, 2.05) is 42.7 Å². The highest BCUT2D eigenvalue weighted by Gasteiger charge is 2.17. The van der Waals surface area contributed by atoms with Crippen molar-refractivity contribution in [3.8, 4) is 18.1 Å². The number of aromatic nitrogens is 2. The van der Waals surface area contributed by atoms with Crippen LogP contribution in [-0.2, 0) is 0 Å². The summed E-state index contributed by atoms with van der Waals surface area (Å²) in [6.07, 6.45) is 10.5. The SMILES string of the molecule is C#CCOc1ccc(C(c2ccccc2)c2cncnc2)cc1. The van der Waals surface area contributed by atoms with E-state index >= 15 is 0 Å². The molecule has 1 heterocycles. The van der Waals surface area contributed by atoms with Crippen molar-refractivity contribution in [2.45, 2.75) is 5.92 Å². The molecule has 0 aliphatic rings. The molecule has 3 nitrogen and oxygen atoms in total. The van der Waals surface area contributed by atoms with Crippen LogP contribution in [0.25, 0.3) is 0 Å². The quantitative estimate of drug-likeness (QED) is 0.674. The van der Waals surface area contributed by atoms with Crippen LogP contribution in [-0.4, -0.2) is 16.6 Å². The van der Waals surface area contributed by atoms with Crippen LogP contribution in [0.2, 0.25) is 0 Å². The third-order valence-electron chi connectivity index (χ3n) is 3.58. The molecule has 0 N–H and O–H groups in total.